The molecule has 3 heterocycles. The minimum atomic E-state index is 0. The second-order valence-corrected chi connectivity index (χ2v) is 7.23. The standard InChI is InChI=1S/C21H32N6O.HI/c1-4-17(5-2)19-13-18(28-26-19)15-25-21(22-3)24-14-16-8-9-23-20(12-16)27-10-6-7-11-27;/h8-9,12-13,17H,4-7,10-11,14-15H2,1-3H3,(H2,22,24,25);1H. The Morgan fingerprint density at radius 1 is 1.17 bits per heavy atom. The smallest absolute Gasteiger partial charge is 0.191 e. The van der Waals surface area contributed by atoms with Crippen LogP contribution in [0.15, 0.2) is 33.9 Å². The number of anilines is 1. The predicted molar refractivity (Wildman–Crippen MR) is 128 cm³/mol. The van der Waals surface area contributed by atoms with E-state index in [0.29, 0.717) is 19.0 Å². The molecule has 0 spiro atoms. The molecule has 160 valence electrons. The molecule has 0 atom stereocenters. The van der Waals surface area contributed by atoms with Crippen molar-refractivity contribution in [2.45, 2.75) is 58.5 Å². The van der Waals surface area contributed by atoms with E-state index in [0.717, 1.165) is 49.2 Å². The Balaban J connectivity index is 0.00000300. The molecular weight excluding hydrogens is 479 g/mol. The molecule has 1 aliphatic heterocycles. The Labute approximate surface area is 190 Å². The van der Waals surface area contributed by atoms with Crippen molar-refractivity contribution in [3.63, 3.8) is 0 Å². The highest BCUT2D eigenvalue weighted by Gasteiger charge is 2.14. The maximum absolute atomic E-state index is 5.47. The van der Waals surface area contributed by atoms with Crippen molar-refractivity contribution >= 4 is 35.8 Å². The van der Waals surface area contributed by atoms with Crippen LogP contribution in [0, 0.1) is 0 Å². The molecule has 7 nitrogen and oxygen atoms in total. The van der Waals surface area contributed by atoms with Gasteiger partial charge in [-0.25, -0.2) is 4.98 Å². The van der Waals surface area contributed by atoms with Gasteiger partial charge in [-0.15, -0.1) is 24.0 Å². The van der Waals surface area contributed by atoms with Gasteiger partial charge >= 0.3 is 0 Å². The molecule has 1 saturated heterocycles. The van der Waals surface area contributed by atoms with Crippen LogP contribution in [0.5, 0.6) is 0 Å². The summed E-state index contributed by atoms with van der Waals surface area (Å²) in [6.45, 7) is 7.81. The van der Waals surface area contributed by atoms with Crippen molar-refractivity contribution in [1.82, 2.24) is 20.8 Å². The summed E-state index contributed by atoms with van der Waals surface area (Å²) in [5.41, 5.74) is 2.23. The van der Waals surface area contributed by atoms with Crippen molar-refractivity contribution in [3.8, 4) is 0 Å². The number of nitrogens with one attached hydrogen (secondary N) is 2. The number of hydrogen-bond acceptors (Lipinski definition) is 5. The summed E-state index contributed by atoms with van der Waals surface area (Å²) in [4.78, 5) is 11.2. The number of aliphatic imine (C=N–C) groups is 1. The monoisotopic (exact) mass is 512 g/mol. The van der Waals surface area contributed by atoms with E-state index in [-0.39, 0.29) is 24.0 Å². The van der Waals surface area contributed by atoms with Gasteiger partial charge < -0.3 is 20.1 Å². The molecule has 2 aromatic heterocycles. The minimum Gasteiger partial charge on any atom is -0.359 e. The van der Waals surface area contributed by atoms with Gasteiger partial charge in [0.25, 0.3) is 0 Å². The fraction of sp³-hybridized carbons (Fsp3) is 0.571. The average molecular weight is 512 g/mol. The van der Waals surface area contributed by atoms with E-state index in [1.54, 1.807) is 7.05 Å². The predicted octanol–water partition coefficient (Wildman–Crippen LogP) is 4.06. The first-order chi connectivity index (χ1) is 13.7. The SMILES string of the molecule is CCC(CC)c1cc(CNC(=NC)NCc2ccnc(N3CCCC3)c2)on1.I. The minimum absolute atomic E-state index is 0. The van der Waals surface area contributed by atoms with Crippen molar-refractivity contribution < 1.29 is 4.52 Å². The highest BCUT2D eigenvalue weighted by atomic mass is 127. The van der Waals surface area contributed by atoms with Crippen LogP contribution in [0.3, 0.4) is 0 Å². The fourth-order valence-corrected chi connectivity index (χ4v) is 3.58. The van der Waals surface area contributed by atoms with Gasteiger partial charge in [-0.05, 0) is 43.4 Å². The van der Waals surface area contributed by atoms with Crippen LogP contribution in [0.4, 0.5) is 5.82 Å². The van der Waals surface area contributed by atoms with Crippen LogP contribution in [0.25, 0.3) is 0 Å². The van der Waals surface area contributed by atoms with Crippen LogP contribution in [-0.2, 0) is 13.1 Å². The van der Waals surface area contributed by atoms with Crippen LogP contribution >= 0.6 is 24.0 Å². The molecule has 2 aromatic rings. The quantitative estimate of drug-likeness (QED) is 0.316. The third kappa shape index (κ3) is 6.58. The Kier molecular flexibility index (Phi) is 9.69. The van der Waals surface area contributed by atoms with E-state index in [1.165, 1.54) is 18.4 Å². The zero-order valence-corrected chi connectivity index (χ0v) is 20.0. The lowest BCUT2D eigenvalue weighted by Crippen LogP contribution is -2.36. The van der Waals surface area contributed by atoms with Gasteiger partial charge in [0.15, 0.2) is 11.7 Å². The van der Waals surface area contributed by atoms with E-state index < -0.39 is 0 Å². The molecule has 1 aliphatic rings. The summed E-state index contributed by atoms with van der Waals surface area (Å²) >= 11 is 0. The zero-order chi connectivity index (χ0) is 19.8. The second kappa shape index (κ2) is 12.0. The summed E-state index contributed by atoms with van der Waals surface area (Å²) in [6, 6.07) is 6.24. The number of hydrogen-bond donors (Lipinski definition) is 2. The first-order valence-corrected chi connectivity index (χ1v) is 10.3. The van der Waals surface area contributed by atoms with Crippen molar-refractivity contribution in [2.24, 2.45) is 4.99 Å². The van der Waals surface area contributed by atoms with Gasteiger partial charge in [0, 0.05) is 44.9 Å². The molecular formula is C21H33IN6O. The Hall–Kier alpha value is -1.84. The Morgan fingerprint density at radius 2 is 1.90 bits per heavy atom. The van der Waals surface area contributed by atoms with Gasteiger partial charge in [-0.3, -0.25) is 4.99 Å². The Bertz CT molecular complexity index is 768. The van der Waals surface area contributed by atoms with Crippen LogP contribution in [0.1, 0.15) is 62.5 Å². The molecule has 2 N–H and O–H groups in total. The largest absolute Gasteiger partial charge is 0.359 e. The van der Waals surface area contributed by atoms with Gasteiger partial charge in [-0.1, -0.05) is 19.0 Å². The first kappa shape index (κ1) is 23.4. The zero-order valence-electron chi connectivity index (χ0n) is 17.6. The van der Waals surface area contributed by atoms with E-state index >= 15 is 0 Å². The van der Waals surface area contributed by atoms with E-state index in [4.69, 9.17) is 4.52 Å². The lowest BCUT2D eigenvalue weighted by molar-refractivity contribution is 0.368. The van der Waals surface area contributed by atoms with Crippen LogP contribution in [-0.4, -0.2) is 36.2 Å². The molecule has 3 rings (SSSR count). The average Bonchev–Trinajstić information content (AvgIpc) is 3.42. The summed E-state index contributed by atoms with van der Waals surface area (Å²) < 4.78 is 5.47. The number of guanidine groups is 1. The fourth-order valence-electron chi connectivity index (χ4n) is 3.58. The number of rotatable bonds is 8. The third-order valence-electron chi connectivity index (χ3n) is 5.33. The van der Waals surface area contributed by atoms with Crippen molar-refractivity contribution in [1.29, 1.82) is 0 Å². The van der Waals surface area contributed by atoms with Gasteiger partial charge in [0.1, 0.15) is 5.82 Å². The molecule has 0 unspecified atom stereocenters. The second-order valence-electron chi connectivity index (χ2n) is 7.23. The molecule has 0 aliphatic carbocycles. The number of halogens is 1. The van der Waals surface area contributed by atoms with E-state index in [9.17, 15) is 0 Å². The molecule has 0 saturated carbocycles. The molecule has 29 heavy (non-hydrogen) atoms. The maximum Gasteiger partial charge on any atom is 0.191 e. The third-order valence-corrected chi connectivity index (χ3v) is 5.33. The van der Waals surface area contributed by atoms with Gasteiger partial charge in [0.2, 0.25) is 0 Å². The first-order valence-electron chi connectivity index (χ1n) is 10.3. The molecule has 1 fully saturated rings. The number of aromatic nitrogens is 2. The molecule has 8 heteroatoms. The molecule has 0 bridgehead atoms. The highest BCUT2D eigenvalue weighted by Crippen LogP contribution is 2.22. The summed E-state index contributed by atoms with van der Waals surface area (Å²) in [5, 5.41) is 10.9. The summed E-state index contributed by atoms with van der Waals surface area (Å²) in [7, 11) is 1.77. The summed E-state index contributed by atoms with van der Waals surface area (Å²) in [5.74, 6) is 3.09. The lowest BCUT2D eigenvalue weighted by Gasteiger charge is -2.17. The maximum atomic E-state index is 5.47. The van der Waals surface area contributed by atoms with Crippen LogP contribution in [0.2, 0.25) is 0 Å². The molecule has 0 amide bonds. The number of pyridine rings is 1. The number of nitrogens with zero attached hydrogens (tertiary/aromatic N) is 4. The van der Waals surface area contributed by atoms with E-state index in [1.807, 2.05) is 18.3 Å². The lowest BCUT2D eigenvalue weighted by atomic mass is 9.99. The topological polar surface area (TPSA) is 78.6 Å². The van der Waals surface area contributed by atoms with Crippen molar-refractivity contribution in [2.75, 3.05) is 25.0 Å². The molecule has 0 radical (unpaired) electrons. The highest BCUT2D eigenvalue weighted by molar-refractivity contribution is 14.0. The molecule has 0 aromatic carbocycles. The summed E-state index contributed by atoms with van der Waals surface area (Å²) in [6.07, 6.45) is 6.53. The van der Waals surface area contributed by atoms with E-state index in [2.05, 4.69) is 50.6 Å². The Morgan fingerprint density at radius 3 is 2.59 bits per heavy atom. The normalized spacial score (nSPS) is 14.2. The van der Waals surface area contributed by atoms with Gasteiger partial charge in [-0.2, -0.15) is 0 Å². The van der Waals surface area contributed by atoms with Gasteiger partial charge in [0.05, 0.1) is 12.2 Å². The van der Waals surface area contributed by atoms with Crippen molar-refractivity contribution in [3.05, 3.63) is 41.4 Å². The van der Waals surface area contributed by atoms with Crippen LogP contribution < -0.4 is 15.5 Å².